The smallest absolute Gasteiger partial charge is 0.267 e. The van der Waals surface area contributed by atoms with Crippen LogP contribution in [0.5, 0.6) is 0 Å². The first-order valence-electron chi connectivity index (χ1n) is 10.0. The van der Waals surface area contributed by atoms with E-state index in [2.05, 4.69) is 10.3 Å². The average Bonchev–Trinajstić information content (AvgIpc) is 3.03. The number of aromatic nitrogens is 2. The Hall–Kier alpha value is -2.97. The van der Waals surface area contributed by atoms with Crippen LogP contribution in [0.1, 0.15) is 30.0 Å². The highest BCUT2D eigenvalue weighted by Crippen LogP contribution is 2.34. The topological polar surface area (TPSA) is 66.7 Å². The van der Waals surface area contributed by atoms with E-state index in [4.69, 9.17) is 12.2 Å². The Balaban J connectivity index is 1.76. The number of benzene rings is 1. The minimum absolute atomic E-state index is 0.200. The molecule has 1 fully saturated rings. The first kappa shape index (κ1) is 21.3. The van der Waals surface area contributed by atoms with E-state index in [0.717, 1.165) is 17.5 Å². The van der Waals surface area contributed by atoms with Gasteiger partial charge in [-0.15, -0.1) is 0 Å². The standard InChI is InChI=1S/C23H22N4O2S2/c1-3-11-24-19-17(21(28)26-12-7-8-15(2)20(26)25-19)13-18-22(29)27(23(30)31-18)14-16-9-5-4-6-10-16/h4-10,12-13,24H,3,11,14H2,1-2H3. The van der Waals surface area contributed by atoms with Gasteiger partial charge in [-0.2, -0.15) is 0 Å². The van der Waals surface area contributed by atoms with Gasteiger partial charge < -0.3 is 5.32 Å². The summed E-state index contributed by atoms with van der Waals surface area (Å²) in [7, 11) is 0. The number of nitrogens with zero attached hydrogens (tertiary/aromatic N) is 3. The lowest BCUT2D eigenvalue weighted by molar-refractivity contribution is -0.122. The number of carbonyl (C=O) groups is 1. The second-order valence-electron chi connectivity index (χ2n) is 7.24. The Morgan fingerprint density at radius 2 is 1.94 bits per heavy atom. The molecule has 1 amide bonds. The molecule has 1 saturated heterocycles. The van der Waals surface area contributed by atoms with Crippen molar-refractivity contribution in [1.82, 2.24) is 14.3 Å². The number of aryl methyl sites for hydroxylation is 1. The Morgan fingerprint density at radius 1 is 1.16 bits per heavy atom. The maximum absolute atomic E-state index is 13.3. The molecule has 3 heterocycles. The highest BCUT2D eigenvalue weighted by Gasteiger charge is 2.32. The number of hydrogen-bond acceptors (Lipinski definition) is 6. The number of pyridine rings is 1. The van der Waals surface area contributed by atoms with Crippen molar-refractivity contribution in [2.45, 2.75) is 26.8 Å². The van der Waals surface area contributed by atoms with Crippen LogP contribution in [0.4, 0.5) is 5.82 Å². The zero-order valence-corrected chi connectivity index (χ0v) is 18.9. The number of amides is 1. The average molecular weight is 451 g/mol. The van der Waals surface area contributed by atoms with Crippen LogP contribution in [0.15, 0.2) is 58.4 Å². The molecule has 3 aromatic rings. The molecule has 1 aromatic carbocycles. The Morgan fingerprint density at radius 3 is 2.68 bits per heavy atom. The van der Waals surface area contributed by atoms with Crippen molar-refractivity contribution in [1.29, 1.82) is 0 Å². The molecular weight excluding hydrogens is 428 g/mol. The van der Waals surface area contributed by atoms with Crippen LogP contribution in [-0.4, -0.2) is 31.1 Å². The fraction of sp³-hybridized carbons (Fsp3) is 0.217. The molecule has 31 heavy (non-hydrogen) atoms. The number of rotatable bonds is 6. The van der Waals surface area contributed by atoms with E-state index in [-0.39, 0.29) is 11.5 Å². The Kier molecular flexibility index (Phi) is 6.20. The number of anilines is 1. The largest absolute Gasteiger partial charge is 0.369 e. The molecule has 4 rings (SSSR count). The summed E-state index contributed by atoms with van der Waals surface area (Å²) in [6.45, 7) is 5.03. The van der Waals surface area contributed by atoms with Gasteiger partial charge in [-0.05, 0) is 36.6 Å². The van der Waals surface area contributed by atoms with Crippen molar-refractivity contribution in [2.75, 3.05) is 11.9 Å². The Labute approximate surface area is 190 Å². The van der Waals surface area contributed by atoms with E-state index in [1.807, 2.05) is 56.3 Å². The van der Waals surface area contributed by atoms with Gasteiger partial charge in [0.15, 0.2) is 0 Å². The van der Waals surface area contributed by atoms with Gasteiger partial charge in [0.25, 0.3) is 11.5 Å². The van der Waals surface area contributed by atoms with Gasteiger partial charge in [0.1, 0.15) is 15.8 Å². The fourth-order valence-corrected chi connectivity index (χ4v) is 4.59. The van der Waals surface area contributed by atoms with Crippen LogP contribution in [0, 0.1) is 6.92 Å². The molecule has 158 valence electrons. The normalized spacial score (nSPS) is 15.3. The zero-order chi connectivity index (χ0) is 22.0. The highest BCUT2D eigenvalue weighted by atomic mass is 32.2. The Bertz CT molecular complexity index is 1250. The van der Waals surface area contributed by atoms with Crippen molar-refractivity contribution in [2.24, 2.45) is 0 Å². The van der Waals surface area contributed by atoms with Gasteiger partial charge in [0.2, 0.25) is 0 Å². The van der Waals surface area contributed by atoms with Crippen LogP contribution in [0.25, 0.3) is 11.7 Å². The molecule has 1 aliphatic heterocycles. The molecule has 0 unspecified atom stereocenters. The summed E-state index contributed by atoms with van der Waals surface area (Å²) in [5.74, 6) is 0.281. The van der Waals surface area contributed by atoms with Crippen LogP contribution in [0.2, 0.25) is 0 Å². The lowest BCUT2D eigenvalue weighted by atomic mass is 10.2. The van der Waals surface area contributed by atoms with Crippen LogP contribution < -0.4 is 10.9 Å². The molecule has 6 nitrogen and oxygen atoms in total. The number of hydrogen-bond donors (Lipinski definition) is 1. The molecule has 1 aliphatic rings. The molecule has 8 heteroatoms. The molecule has 0 atom stereocenters. The third kappa shape index (κ3) is 4.26. The molecule has 2 aromatic heterocycles. The van der Waals surface area contributed by atoms with Gasteiger partial charge in [0, 0.05) is 12.7 Å². The van der Waals surface area contributed by atoms with Crippen LogP contribution >= 0.6 is 24.0 Å². The maximum atomic E-state index is 13.3. The van der Waals surface area contributed by atoms with Gasteiger partial charge in [-0.3, -0.25) is 18.9 Å². The van der Waals surface area contributed by atoms with E-state index in [1.54, 1.807) is 17.2 Å². The summed E-state index contributed by atoms with van der Waals surface area (Å²) in [6, 6.07) is 13.4. The summed E-state index contributed by atoms with van der Waals surface area (Å²) in [4.78, 5) is 33.0. The lowest BCUT2D eigenvalue weighted by Gasteiger charge is -2.14. The molecule has 0 bridgehead atoms. The van der Waals surface area contributed by atoms with Crippen molar-refractivity contribution in [3.63, 3.8) is 0 Å². The molecule has 0 radical (unpaired) electrons. The highest BCUT2D eigenvalue weighted by molar-refractivity contribution is 8.26. The monoisotopic (exact) mass is 450 g/mol. The summed E-state index contributed by atoms with van der Waals surface area (Å²) in [5.41, 5.74) is 2.63. The molecule has 0 spiro atoms. The van der Waals surface area contributed by atoms with Crippen molar-refractivity contribution in [3.05, 3.63) is 80.6 Å². The lowest BCUT2D eigenvalue weighted by Crippen LogP contribution is -2.27. The molecular formula is C23H22N4O2S2. The second kappa shape index (κ2) is 9.03. The van der Waals surface area contributed by atoms with Gasteiger partial charge >= 0.3 is 0 Å². The minimum Gasteiger partial charge on any atom is -0.369 e. The number of thioether (sulfide) groups is 1. The quantitative estimate of drug-likeness (QED) is 0.448. The van der Waals surface area contributed by atoms with Gasteiger partial charge in [-0.25, -0.2) is 4.98 Å². The minimum atomic E-state index is -0.222. The van der Waals surface area contributed by atoms with Crippen LogP contribution in [-0.2, 0) is 11.3 Å². The predicted molar refractivity (Wildman–Crippen MR) is 130 cm³/mol. The van der Waals surface area contributed by atoms with Crippen LogP contribution in [0.3, 0.4) is 0 Å². The predicted octanol–water partition coefficient (Wildman–Crippen LogP) is 4.23. The summed E-state index contributed by atoms with van der Waals surface area (Å²) < 4.78 is 2.00. The maximum Gasteiger partial charge on any atom is 0.267 e. The molecule has 0 saturated carbocycles. The van der Waals surface area contributed by atoms with Crippen molar-refractivity contribution >= 4 is 51.7 Å². The number of carbonyl (C=O) groups excluding carboxylic acids is 1. The first-order chi connectivity index (χ1) is 15.0. The third-order valence-electron chi connectivity index (χ3n) is 4.96. The fourth-order valence-electron chi connectivity index (χ4n) is 3.35. The van der Waals surface area contributed by atoms with E-state index in [0.29, 0.717) is 39.3 Å². The summed E-state index contributed by atoms with van der Waals surface area (Å²) >= 11 is 6.66. The van der Waals surface area contributed by atoms with Gasteiger partial charge in [-0.1, -0.05) is 67.3 Å². The number of fused-ring (bicyclic) bond motifs is 1. The summed E-state index contributed by atoms with van der Waals surface area (Å²) in [5, 5.41) is 3.24. The van der Waals surface area contributed by atoms with E-state index in [1.165, 1.54) is 16.2 Å². The zero-order valence-electron chi connectivity index (χ0n) is 17.3. The SMILES string of the molecule is CCCNc1nc2c(C)cccn2c(=O)c1C=C1SC(=S)N(Cc2ccccc2)C1=O. The van der Waals surface area contributed by atoms with Gasteiger partial charge in [0.05, 0.1) is 17.0 Å². The number of thiocarbonyl (C=S) groups is 1. The van der Waals surface area contributed by atoms with Crippen molar-refractivity contribution < 1.29 is 4.79 Å². The second-order valence-corrected chi connectivity index (χ2v) is 8.92. The molecule has 0 aliphatic carbocycles. The van der Waals surface area contributed by atoms with E-state index >= 15 is 0 Å². The van der Waals surface area contributed by atoms with E-state index in [9.17, 15) is 9.59 Å². The molecule has 1 N–H and O–H groups in total. The summed E-state index contributed by atoms with van der Waals surface area (Å²) in [6.07, 6.45) is 4.19. The third-order valence-corrected chi connectivity index (χ3v) is 6.34. The number of nitrogens with one attached hydrogen (secondary N) is 1. The van der Waals surface area contributed by atoms with E-state index < -0.39 is 0 Å². The first-order valence-corrected chi connectivity index (χ1v) is 11.3. The van der Waals surface area contributed by atoms with Crippen molar-refractivity contribution in [3.8, 4) is 0 Å².